The van der Waals surface area contributed by atoms with Crippen LogP contribution in [-0.2, 0) is 9.53 Å². The van der Waals surface area contributed by atoms with Gasteiger partial charge in [0.1, 0.15) is 18.1 Å². The fraction of sp³-hybridized carbons (Fsp3) is 0.200. The van der Waals surface area contributed by atoms with E-state index in [0.29, 0.717) is 30.3 Å². The molecule has 142 valence electrons. The molecule has 0 heterocycles. The van der Waals surface area contributed by atoms with Crippen LogP contribution >= 0.6 is 0 Å². The molecule has 0 aliphatic rings. The molecule has 0 aliphatic heterocycles. The van der Waals surface area contributed by atoms with Crippen molar-refractivity contribution in [2.75, 3.05) is 32.8 Å². The third-order valence-electron chi connectivity index (χ3n) is 3.60. The van der Waals surface area contributed by atoms with Crippen LogP contribution in [0, 0.1) is 0 Å². The molecule has 0 fully saturated rings. The fourth-order valence-corrected chi connectivity index (χ4v) is 2.26. The quantitative estimate of drug-likeness (QED) is 0.520. The maximum absolute atomic E-state index is 12.2. The van der Waals surface area contributed by atoms with Crippen LogP contribution in [0.15, 0.2) is 48.5 Å². The molecule has 0 bridgehead atoms. The summed E-state index contributed by atoms with van der Waals surface area (Å²) in [5.74, 6) is -0.401. The Morgan fingerprint density at radius 1 is 1.11 bits per heavy atom. The summed E-state index contributed by atoms with van der Waals surface area (Å²) in [7, 11) is 3.13. The minimum absolute atomic E-state index is 0.0206. The van der Waals surface area contributed by atoms with Gasteiger partial charge in [0.05, 0.1) is 25.0 Å². The molecule has 2 aromatic carbocycles. The van der Waals surface area contributed by atoms with Crippen LogP contribution in [0.4, 0.5) is 5.69 Å². The van der Waals surface area contributed by atoms with Crippen molar-refractivity contribution in [3.63, 3.8) is 0 Å². The largest absolute Gasteiger partial charge is 0.497 e. The van der Waals surface area contributed by atoms with Gasteiger partial charge in [-0.2, -0.15) is 0 Å². The highest BCUT2D eigenvalue weighted by atomic mass is 16.5. The van der Waals surface area contributed by atoms with E-state index in [1.54, 1.807) is 50.6 Å². The van der Waals surface area contributed by atoms with Gasteiger partial charge in [-0.3, -0.25) is 4.79 Å². The Bertz CT molecular complexity index is 831. The van der Waals surface area contributed by atoms with E-state index in [0.717, 1.165) is 0 Å². The molecule has 2 rings (SSSR count). The van der Waals surface area contributed by atoms with Crippen molar-refractivity contribution in [1.29, 1.82) is 0 Å². The summed E-state index contributed by atoms with van der Waals surface area (Å²) in [4.78, 5) is 23.4. The minimum atomic E-state index is -1.11. The van der Waals surface area contributed by atoms with E-state index in [1.165, 1.54) is 18.2 Å². The average molecular weight is 371 g/mol. The lowest BCUT2D eigenvalue weighted by atomic mass is 10.1. The second-order valence-corrected chi connectivity index (χ2v) is 5.42. The molecule has 7 nitrogen and oxygen atoms in total. The topological polar surface area (TPSA) is 94.1 Å². The molecular formula is C20H21NO6. The lowest BCUT2D eigenvalue weighted by Gasteiger charge is -2.11. The van der Waals surface area contributed by atoms with E-state index in [1.807, 2.05) is 0 Å². The van der Waals surface area contributed by atoms with E-state index >= 15 is 0 Å². The van der Waals surface area contributed by atoms with Crippen molar-refractivity contribution in [3.05, 3.63) is 59.7 Å². The predicted molar refractivity (Wildman–Crippen MR) is 101 cm³/mol. The number of hydrogen-bond donors (Lipinski definition) is 2. The molecule has 1 amide bonds. The van der Waals surface area contributed by atoms with Crippen molar-refractivity contribution in [3.8, 4) is 11.5 Å². The predicted octanol–water partition coefficient (Wildman–Crippen LogP) is 3.07. The summed E-state index contributed by atoms with van der Waals surface area (Å²) < 4.78 is 15.8. The number of carbonyl (C=O) groups excluding carboxylic acids is 1. The Kier molecular flexibility index (Phi) is 7.39. The normalized spacial score (nSPS) is 10.6. The molecule has 2 aromatic rings. The zero-order chi connectivity index (χ0) is 19.6. The highest BCUT2D eigenvalue weighted by molar-refractivity contribution is 6.06. The number of benzene rings is 2. The van der Waals surface area contributed by atoms with E-state index in [9.17, 15) is 9.59 Å². The van der Waals surface area contributed by atoms with E-state index in [4.69, 9.17) is 19.3 Å². The number of ether oxygens (including phenoxy) is 3. The summed E-state index contributed by atoms with van der Waals surface area (Å²) in [6, 6.07) is 11.4. The first-order chi connectivity index (χ1) is 13.0. The van der Waals surface area contributed by atoms with Crippen LogP contribution in [0.25, 0.3) is 6.08 Å². The van der Waals surface area contributed by atoms with Crippen LogP contribution in [0.2, 0.25) is 0 Å². The molecule has 0 aliphatic carbocycles. The molecule has 7 heteroatoms. The standard InChI is InChI=1S/C20H21NO6/c1-25-11-12-27-18-13-15(26-2)9-7-14(18)8-10-19(22)21-17-6-4-3-5-16(17)20(23)24/h3-10,13H,11-12H2,1-2H3,(H,21,22)(H,23,24)/b10-8+. The van der Waals surface area contributed by atoms with Crippen LogP contribution < -0.4 is 14.8 Å². The summed E-state index contributed by atoms with van der Waals surface area (Å²) in [6.45, 7) is 0.773. The Balaban J connectivity index is 2.14. The van der Waals surface area contributed by atoms with Crippen LogP contribution in [-0.4, -0.2) is 44.4 Å². The molecule has 0 spiro atoms. The molecule has 0 unspecified atom stereocenters. The maximum Gasteiger partial charge on any atom is 0.337 e. The zero-order valence-corrected chi connectivity index (χ0v) is 15.1. The third kappa shape index (κ3) is 5.86. The van der Waals surface area contributed by atoms with Gasteiger partial charge in [0.15, 0.2) is 0 Å². The van der Waals surface area contributed by atoms with Crippen molar-refractivity contribution in [2.45, 2.75) is 0 Å². The fourth-order valence-electron chi connectivity index (χ4n) is 2.26. The monoisotopic (exact) mass is 371 g/mol. The summed E-state index contributed by atoms with van der Waals surface area (Å²) in [6.07, 6.45) is 2.89. The van der Waals surface area contributed by atoms with Gasteiger partial charge in [0.2, 0.25) is 5.91 Å². The second kappa shape index (κ2) is 9.98. The second-order valence-electron chi connectivity index (χ2n) is 5.42. The number of rotatable bonds is 9. The Hall–Kier alpha value is -3.32. The molecule has 0 atom stereocenters. The van der Waals surface area contributed by atoms with Gasteiger partial charge in [-0.05, 0) is 30.3 Å². The number of carboxylic acid groups (broad SMARTS) is 1. The van der Waals surface area contributed by atoms with Gasteiger partial charge in [-0.15, -0.1) is 0 Å². The van der Waals surface area contributed by atoms with Crippen LogP contribution in [0.3, 0.4) is 0 Å². The summed E-state index contributed by atoms with van der Waals surface area (Å²) >= 11 is 0. The number of carboxylic acids is 1. The van der Waals surface area contributed by atoms with E-state index < -0.39 is 11.9 Å². The Labute approximate surface area is 157 Å². The minimum Gasteiger partial charge on any atom is -0.497 e. The molecule has 0 aromatic heterocycles. The Morgan fingerprint density at radius 2 is 1.89 bits per heavy atom. The highest BCUT2D eigenvalue weighted by Crippen LogP contribution is 2.26. The number of carbonyl (C=O) groups is 2. The smallest absolute Gasteiger partial charge is 0.337 e. The number of aromatic carboxylic acids is 1. The van der Waals surface area contributed by atoms with Crippen molar-refractivity contribution in [2.24, 2.45) is 0 Å². The lowest BCUT2D eigenvalue weighted by Crippen LogP contribution is -2.11. The van der Waals surface area contributed by atoms with Gasteiger partial charge < -0.3 is 24.6 Å². The molecule has 2 N–H and O–H groups in total. The molecule has 0 saturated carbocycles. The summed E-state index contributed by atoms with van der Waals surface area (Å²) in [5.41, 5.74) is 0.923. The molecule has 0 radical (unpaired) electrons. The first-order valence-electron chi connectivity index (χ1n) is 8.16. The summed E-state index contributed by atoms with van der Waals surface area (Å²) in [5, 5.41) is 11.7. The number of anilines is 1. The van der Waals surface area contributed by atoms with E-state index in [2.05, 4.69) is 5.32 Å². The average Bonchev–Trinajstić information content (AvgIpc) is 2.67. The highest BCUT2D eigenvalue weighted by Gasteiger charge is 2.10. The van der Waals surface area contributed by atoms with Gasteiger partial charge in [0, 0.05) is 24.8 Å². The van der Waals surface area contributed by atoms with Gasteiger partial charge in [-0.1, -0.05) is 12.1 Å². The van der Waals surface area contributed by atoms with Crippen molar-refractivity contribution < 1.29 is 28.9 Å². The zero-order valence-electron chi connectivity index (χ0n) is 15.1. The number of para-hydroxylation sites is 1. The maximum atomic E-state index is 12.2. The molecular weight excluding hydrogens is 350 g/mol. The van der Waals surface area contributed by atoms with Crippen molar-refractivity contribution in [1.82, 2.24) is 0 Å². The first kappa shape index (κ1) is 20.0. The van der Waals surface area contributed by atoms with Crippen LogP contribution in [0.5, 0.6) is 11.5 Å². The van der Waals surface area contributed by atoms with Gasteiger partial charge in [-0.25, -0.2) is 4.79 Å². The number of nitrogens with one attached hydrogen (secondary N) is 1. The number of hydrogen-bond acceptors (Lipinski definition) is 5. The SMILES string of the molecule is COCCOc1cc(OC)ccc1/C=C/C(=O)Nc1ccccc1C(=O)O. The number of amides is 1. The van der Waals surface area contributed by atoms with Crippen molar-refractivity contribution >= 4 is 23.6 Å². The molecule has 0 saturated heterocycles. The van der Waals surface area contributed by atoms with Gasteiger partial charge in [0.25, 0.3) is 0 Å². The number of methoxy groups -OCH3 is 2. The third-order valence-corrected chi connectivity index (χ3v) is 3.60. The lowest BCUT2D eigenvalue weighted by molar-refractivity contribution is -0.111. The molecule has 27 heavy (non-hydrogen) atoms. The Morgan fingerprint density at radius 3 is 2.59 bits per heavy atom. The van der Waals surface area contributed by atoms with Crippen LogP contribution in [0.1, 0.15) is 15.9 Å². The van der Waals surface area contributed by atoms with E-state index in [-0.39, 0.29) is 11.3 Å². The first-order valence-corrected chi connectivity index (χ1v) is 8.16. The van der Waals surface area contributed by atoms with Gasteiger partial charge >= 0.3 is 5.97 Å².